The minimum atomic E-state index is 0.0315. The summed E-state index contributed by atoms with van der Waals surface area (Å²) in [5.74, 6) is 1.81. The zero-order valence-corrected chi connectivity index (χ0v) is 11.8. The molecule has 0 saturated heterocycles. The molecule has 0 radical (unpaired) electrons. The average molecular weight is 272 g/mol. The van der Waals surface area contributed by atoms with E-state index in [-0.39, 0.29) is 6.04 Å². The van der Waals surface area contributed by atoms with E-state index < -0.39 is 0 Å². The van der Waals surface area contributed by atoms with E-state index >= 15 is 0 Å². The van der Waals surface area contributed by atoms with Gasteiger partial charge in [-0.05, 0) is 24.8 Å². The summed E-state index contributed by atoms with van der Waals surface area (Å²) in [5.41, 5.74) is 1.55. The van der Waals surface area contributed by atoms with E-state index in [2.05, 4.69) is 28.3 Å². The van der Waals surface area contributed by atoms with Crippen LogP contribution in [0.15, 0.2) is 35.5 Å². The summed E-state index contributed by atoms with van der Waals surface area (Å²) in [4.78, 5) is 8.31. The summed E-state index contributed by atoms with van der Waals surface area (Å²) < 4.78 is 0. The van der Waals surface area contributed by atoms with Gasteiger partial charge < -0.3 is 10.3 Å². The molecule has 0 spiro atoms. The number of imidazole rings is 1. The molecule has 0 bridgehead atoms. The first-order chi connectivity index (χ1) is 9.26. The molecular weight excluding hydrogens is 256 g/mol. The van der Waals surface area contributed by atoms with Crippen molar-refractivity contribution in [2.45, 2.75) is 24.8 Å². The maximum absolute atomic E-state index is 9.34. The SMILES string of the molecule is CCSc1cccc(NC(C)c2ncc[nH]2)c1C#N. The van der Waals surface area contributed by atoms with Crippen LogP contribution in [0.1, 0.15) is 31.3 Å². The van der Waals surface area contributed by atoms with Crippen molar-refractivity contribution in [1.29, 1.82) is 5.26 Å². The fourth-order valence-electron chi connectivity index (χ4n) is 1.86. The molecule has 0 aliphatic rings. The molecule has 5 heteroatoms. The lowest BCUT2D eigenvalue weighted by Gasteiger charge is -2.15. The highest BCUT2D eigenvalue weighted by molar-refractivity contribution is 7.99. The predicted molar refractivity (Wildman–Crippen MR) is 78.2 cm³/mol. The summed E-state index contributed by atoms with van der Waals surface area (Å²) in [6.07, 6.45) is 3.52. The van der Waals surface area contributed by atoms with E-state index in [9.17, 15) is 5.26 Å². The van der Waals surface area contributed by atoms with E-state index in [4.69, 9.17) is 0 Å². The Hall–Kier alpha value is -1.93. The first-order valence-electron chi connectivity index (χ1n) is 6.18. The van der Waals surface area contributed by atoms with Crippen LogP contribution in [0.2, 0.25) is 0 Å². The van der Waals surface area contributed by atoms with Crippen molar-refractivity contribution in [3.05, 3.63) is 42.0 Å². The van der Waals surface area contributed by atoms with Crippen LogP contribution >= 0.6 is 11.8 Å². The molecule has 1 aromatic heterocycles. The summed E-state index contributed by atoms with van der Waals surface area (Å²) in [5, 5.41) is 12.7. The Labute approximate surface area is 117 Å². The quantitative estimate of drug-likeness (QED) is 0.817. The highest BCUT2D eigenvalue weighted by atomic mass is 32.2. The first-order valence-corrected chi connectivity index (χ1v) is 7.16. The Morgan fingerprint density at radius 3 is 3.00 bits per heavy atom. The number of nitrogens with one attached hydrogen (secondary N) is 2. The number of rotatable bonds is 5. The molecule has 2 rings (SSSR count). The van der Waals surface area contributed by atoms with E-state index in [1.54, 1.807) is 24.2 Å². The number of thioether (sulfide) groups is 1. The maximum Gasteiger partial charge on any atom is 0.128 e. The molecule has 1 atom stereocenters. The molecule has 1 unspecified atom stereocenters. The molecule has 0 aliphatic heterocycles. The van der Waals surface area contributed by atoms with Crippen molar-refractivity contribution in [2.24, 2.45) is 0 Å². The smallest absolute Gasteiger partial charge is 0.128 e. The third-order valence-electron chi connectivity index (χ3n) is 2.74. The molecule has 0 aliphatic carbocycles. The summed E-state index contributed by atoms with van der Waals surface area (Å²) >= 11 is 1.68. The van der Waals surface area contributed by atoms with Crippen molar-refractivity contribution in [2.75, 3.05) is 11.1 Å². The second kappa shape index (κ2) is 6.30. The summed E-state index contributed by atoms with van der Waals surface area (Å²) in [6.45, 7) is 4.09. The highest BCUT2D eigenvalue weighted by Gasteiger charge is 2.12. The Morgan fingerprint density at radius 2 is 2.37 bits per heavy atom. The van der Waals surface area contributed by atoms with Gasteiger partial charge in [0.1, 0.15) is 11.9 Å². The zero-order chi connectivity index (χ0) is 13.7. The number of aromatic amines is 1. The lowest BCUT2D eigenvalue weighted by atomic mass is 10.1. The molecular formula is C14H16N4S. The van der Waals surface area contributed by atoms with E-state index in [1.807, 2.05) is 25.1 Å². The average Bonchev–Trinajstić information content (AvgIpc) is 2.93. The zero-order valence-electron chi connectivity index (χ0n) is 11.0. The number of hydrogen-bond acceptors (Lipinski definition) is 4. The van der Waals surface area contributed by atoms with Crippen LogP contribution in [0.3, 0.4) is 0 Å². The van der Waals surface area contributed by atoms with Crippen LogP contribution in [0.4, 0.5) is 5.69 Å². The van der Waals surface area contributed by atoms with E-state index in [1.165, 1.54) is 0 Å². The molecule has 0 fully saturated rings. The molecule has 0 saturated carbocycles. The number of H-pyrrole nitrogens is 1. The Balaban J connectivity index is 2.25. The predicted octanol–water partition coefficient (Wildman–Crippen LogP) is 3.57. The van der Waals surface area contributed by atoms with Gasteiger partial charge in [0, 0.05) is 17.3 Å². The lowest BCUT2D eigenvalue weighted by molar-refractivity contribution is 0.809. The van der Waals surface area contributed by atoms with Gasteiger partial charge in [-0.25, -0.2) is 4.98 Å². The number of benzene rings is 1. The van der Waals surface area contributed by atoms with Gasteiger partial charge in [-0.1, -0.05) is 13.0 Å². The summed E-state index contributed by atoms with van der Waals surface area (Å²) in [6, 6.07) is 8.20. The topological polar surface area (TPSA) is 64.5 Å². The Bertz CT molecular complexity index is 572. The van der Waals surface area contributed by atoms with Gasteiger partial charge >= 0.3 is 0 Å². The number of nitriles is 1. The van der Waals surface area contributed by atoms with Crippen molar-refractivity contribution in [1.82, 2.24) is 9.97 Å². The molecule has 1 aromatic carbocycles. The van der Waals surface area contributed by atoms with Gasteiger partial charge in [-0.2, -0.15) is 5.26 Å². The van der Waals surface area contributed by atoms with E-state index in [0.29, 0.717) is 5.56 Å². The number of anilines is 1. The molecule has 4 nitrogen and oxygen atoms in total. The summed E-state index contributed by atoms with van der Waals surface area (Å²) in [7, 11) is 0. The second-order valence-corrected chi connectivity index (χ2v) is 5.37. The monoisotopic (exact) mass is 272 g/mol. The number of aromatic nitrogens is 2. The third-order valence-corrected chi connectivity index (χ3v) is 3.68. The van der Waals surface area contributed by atoms with Crippen LogP contribution in [0.25, 0.3) is 0 Å². The van der Waals surface area contributed by atoms with Gasteiger partial charge in [-0.3, -0.25) is 0 Å². The molecule has 1 heterocycles. The normalized spacial score (nSPS) is 11.8. The van der Waals surface area contributed by atoms with Gasteiger partial charge in [0.15, 0.2) is 0 Å². The molecule has 2 N–H and O–H groups in total. The van der Waals surface area contributed by atoms with E-state index in [0.717, 1.165) is 22.2 Å². The highest BCUT2D eigenvalue weighted by Crippen LogP contribution is 2.29. The van der Waals surface area contributed by atoms with Gasteiger partial charge in [0.05, 0.1) is 17.3 Å². The van der Waals surface area contributed by atoms with Gasteiger partial charge in [0.2, 0.25) is 0 Å². The van der Waals surface area contributed by atoms with Crippen molar-refractivity contribution >= 4 is 17.4 Å². The Kier molecular flexibility index (Phi) is 4.48. The standard InChI is InChI=1S/C14H16N4S/c1-3-19-13-6-4-5-12(11(13)9-15)18-10(2)14-16-7-8-17-14/h4-8,10,18H,3H2,1-2H3,(H,16,17). The minimum absolute atomic E-state index is 0.0315. The first kappa shape index (κ1) is 13.5. The van der Waals surface area contributed by atoms with Crippen LogP contribution in [0, 0.1) is 11.3 Å². The van der Waals surface area contributed by atoms with Crippen molar-refractivity contribution in [3.8, 4) is 6.07 Å². The van der Waals surface area contributed by atoms with Gasteiger partial charge in [0.25, 0.3) is 0 Å². The lowest BCUT2D eigenvalue weighted by Crippen LogP contribution is -2.09. The van der Waals surface area contributed by atoms with Crippen LogP contribution in [-0.4, -0.2) is 15.7 Å². The number of hydrogen-bond donors (Lipinski definition) is 2. The fourth-order valence-corrected chi connectivity index (χ4v) is 2.64. The molecule has 0 amide bonds. The van der Waals surface area contributed by atoms with Crippen LogP contribution in [0.5, 0.6) is 0 Å². The molecule has 19 heavy (non-hydrogen) atoms. The largest absolute Gasteiger partial charge is 0.374 e. The molecule has 98 valence electrons. The number of nitrogens with zero attached hydrogens (tertiary/aromatic N) is 2. The van der Waals surface area contributed by atoms with Crippen molar-refractivity contribution in [3.63, 3.8) is 0 Å². The second-order valence-electron chi connectivity index (χ2n) is 4.06. The van der Waals surface area contributed by atoms with Gasteiger partial charge in [-0.15, -0.1) is 11.8 Å². The Morgan fingerprint density at radius 1 is 1.53 bits per heavy atom. The van der Waals surface area contributed by atoms with Crippen molar-refractivity contribution < 1.29 is 0 Å². The molecule has 2 aromatic rings. The fraction of sp³-hybridized carbons (Fsp3) is 0.286. The third kappa shape index (κ3) is 3.09. The van der Waals surface area contributed by atoms with Crippen LogP contribution in [-0.2, 0) is 0 Å². The minimum Gasteiger partial charge on any atom is -0.374 e. The van der Waals surface area contributed by atoms with Crippen LogP contribution < -0.4 is 5.32 Å². The maximum atomic E-state index is 9.34.